The van der Waals surface area contributed by atoms with Gasteiger partial charge in [0, 0.05) is 18.7 Å². The second-order valence-electron chi connectivity index (χ2n) is 7.66. The molecule has 2 aromatic carbocycles. The second-order valence-corrected chi connectivity index (χ2v) is 7.66. The first-order valence-electron chi connectivity index (χ1n) is 10.5. The molecule has 2 aromatic heterocycles. The lowest BCUT2D eigenvalue weighted by Gasteiger charge is -2.09. The van der Waals surface area contributed by atoms with E-state index in [2.05, 4.69) is 15.4 Å². The van der Waals surface area contributed by atoms with Crippen molar-refractivity contribution in [1.29, 1.82) is 0 Å². The van der Waals surface area contributed by atoms with Crippen LogP contribution in [0.25, 0.3) is 11.0 Å². The fraction of sp³-hybridized carbons (Fsp3) is 0.217. The largest absolute Gasteiger partial charge is 0.484 e. The number of amides is 1. The third-order valence-electron chi connectivity index (χ3n) is 5.13. The highest BCUT2D eigenvalue weighted by atomic mass is 16.6. The number of nitro groups is 1. The number of aromatic nitrogens is 4. The van der Waals surface area contributed by atoms with Gasteiger partial charge in [-0.15, -0.1) is 0 Å². The van der Waals surface area contributed by atoms with Gasteiger partial charge < -0.3 is 10.1 Å². The van der Waals surface area contributed by atoms with Crippen molar-refractivity contribution >= 4 is 22.6 Å². The summed E-state index contributed by atoms with van der Waals surface area (Å²) in [5.74, 6) is 0.341. The molecule has 2 heterocycles. The molecule has 0 spiro atoms. The Morgan fingerprint density at radius 1 is 1.21 bits per heavy atom. The van der Waals surface area contributed by atoms with Crippen LogP contribution in [0.1, 0.15) is 11.1 Å². The van der Waals surface area contributed by atoms with Crippen LogP contribution in [0.4, 0.5) is 5.69 Å². The van der Waals surface area contributed by atoms with E-state index in [1.807, 2.05) is 19.1 Å². The Hall–Kier alpha value is -4.54. The van der Waals surface area contributed by atoms with Crippen molar-refractivity contribution in [2.75, 3.05) is 13.2 Å². The fourth-order valence-corrected chi connectivity index (χ4v) is 3.37. The average Bonchev–Trinajstić information content (AvgIpc) is 3.24. The summed E-state index contributed by atoms with van der Waals surface area (Å²) in [6, 6.07) is 13.5. The van der Waals surface area contributed by atoms with Gasteiger partial charge in [-0.3, -0.25) is 24.3 Å². The molecule has 1 N–H and O–H groups in total. The molecule has 11 nitrogen and oxygen atoms in total. The zero-order valence-electron chi connectivity index (χ0n) is 18.4. The van der Waals surface area contributed by atoms with E-state index < -0.39 is 4.92 Å². The van der Waals surface area contributed by atoms with E-state index in [4.69, 9.17) is 4.74 Å². The van der Waals surface area contributed by atoms with Gasteiger partial charge in [-0.1, -0.05) is 29.8 Å². The van der Waals surface area contributed by atoms with Crippen molar-refractivity contribution in [3.8, 4) is 5.75 Å². The van der Waals surface area contributed by atoms with Crippen molar-refractivity contribution in [3.05, 3.63) is 92.7 Å². The molecule has 0 aliphatic carbocycles. The fourth-order valence-electron chi connectivity index (χ4n) is 3.37. The number of fused-ring (bicyclic) bond motifs is 1. The first-order chi connectivity index (χ1) is 16.4. The molecule has 174 valence electrons. The standard InChI is InChI=1S/C23H22N6O5/c1-16-5-7-19(8-6-16)34-14-21(30)24-9-10-28-22-20(12-26-28)23(31)27(15-25-22)13-17-3-2-4-18(11-17)29(32)33/h2-8,11-12,15H,9-10,13-14H2,1H3,(H,24,30). The summed E-state index contributed by atoms with van der Waals surface area (Å²) in [6.45, 7) is 2.61. The van der Waals surface area contributed by atoms with Crippen LogP contribution in [0.5, 0.6) is 5.75 Å². The van der Waals surface area contributed by atoms with Crippen molar-refractivity contribution in [2.45, 2.75) is 20.0 Å². The van der Waals surface area contributed by atoms with Crippen LogP contribution in [-0.2, 0) is 17.9 Å². The van der Waals surface area contributed by atoms with Gasteiger partial charge in [0.1, 0.15) is 17.5 Å². The molecule has 0 aliphatic rings. The number of nitrogens with one attached hydrogen (secondary N) is 1. The summed E-state index contributed by atoms with van der Waals surface area (Å²) >= 11 is 0. The Kier molecular flexibility index (Phi) is 6.62. The number of carbonyl (C=O) groups excluding carboxylic acids is 1. The van der Waals surface area contributed by atoms with Crippen LogP contribution >= 0.6 is 0 Å². The first kappa shape index (κ1) is 22.6. The van der Waals surface area contributed by atoms with Crippen LogP contribution in [0.15, 0.2) is 65.8 Å². The zero-order chi connectivity index (χ0) is 24.1. The van der Waals surface area contributed by atoms with Crippen molar-refractivity contribution in [3.63, 3.8) is 0 Å². The smallest absolute Gasteiger partial charge is 0.269 e. The molecule has 1 amide bonds. The molecule has 0 saturated carbocycles. The molecule has 0 radical (unpaired) electrons. The number of rotatable bonds is 9. The number of aryl methyl sites for hydroxylation is 1. The number of hydrogen-bond donors (Lipinski definition) is 1. The SMILES string of the molecule is Cc1ccc(OCC(=O)NCCn2ncc3c(=O)n(Cc4cccc([N+](=O)[O-])c4)cnc32)cc1. The maximum Gasteiger partial charge on any atom is 0.269 e. The van der Waals surface area contributed by atoms with Crippen LogP contribution in [0, 0.1) is 17.0 Å². The van der Waals surface area contributed by atoms with Crippen LogP contribution in [0.2, 0.25) is 0 Å². The predicted octanol–water partition coefficient (Wildman–Crippen LogP) is 2.05. The maximum atomic E-state index is 12.8. The first-order valence-corrected chi connectivity index (χ1v) is 10.5. The van der Waals surface area contributed by atoms with Gasteiger partial charge in [-0.2, -0.15) is 5.10 Å². The van der Waals surface area contributed by atoms with Gasteiger partial charge in [0.15, 0.2) is 12.3 Å². The van der Waals surface area contributed by atoms with E-state index in [1.165, 1.54) is 33.9 Å². The summed E-state index contributed by atoms with van der Waals surface area (Å²) in [5.41, 5.74) is 1.76. The van der Waals surface area contributed by atoms with E-state index in [1.54, 1.807) is 24.3 Å². The number of carbonyl (C=O) groups is 1. The van der Waals surface area contributed by atoms with E-state index in [0.717, 1.165) is 5.56 Å². The summed E-state index contributed by atoms with van der Waals surface area (Å²) in [4.78, 5) is 39.7. The quantitative estimate of drug-likeness (QED) is 0.297. The highest BCUT2D eigenvalue weighted by Crippen LogP contribution is 2.14. The molecule has 0 saturated heterocycles. The maximum absolute atomic E-state index is 12.8. The lowest BCUT2D eigenvalue weighted by atomic mass is 10.2. The van der Waals surface area contributed by atoms with Crippen molar-refractivity contribution in [2.24, 2.45) is 0 Å². The van der Waals surface area contributed by atoms with E-state index in [0.29, 0.717) is 28.9 Å². The minimum atomic E-state index is -0.481. The normalized spacial score (nSPS) is 10.9. The van der Waals surface area contributed by atoms with E-state index in [-0.39, 0.29) is 36.9 Å². The summed E-state index contributed by atoms with van der Waals surface area (Å²) < 4.78 is 8.36. The molecule has 4 aromatic rings. The second kappa shape index (κ2) is 9.94. The molecular formula is C23H22N6O5. The Morgan fingerprint density at radius 2 is 2.00 bits per heavy atom. The van der Waals surface area contributed by atoms with E-state index in [9.17, 15) is 19.7 Å². The van der Waals surface area contributed by atoms with Gasteiger partial charge in [-0.25, -0.2) is 9.67 Å². The minimum Gasteiger partial charge on any atom is -0.484 e. The molecule has 4 rings (SSSR count). The highest BCUT2D eigenvalue weighted by molar-refractivity contribution is 5.77. The van der Waals surface area contributed by atoms with Crippen molar-refractivity contribution in [1.82, 2.24) is 24.6 Å². The number of non-ortho nitro benzene ring substituents is 1. The van der Waals surface area contributed by atoms with Gasteiger partial charge in [0.25, 0.3) is 17.2 Å². The summed E-state index contributed by atoms with van der Waals surface area (Å²) in [6.07, 6.45) is 2.81. The lowest BCUT2D eigenvalue weighted by molar-refractivity contribution is -0.384. The zero-order valence-corrected chi connectivity index (χ0v) is 18.4. The third-order valence-corrected chi connectivity index (χ3v) is 5.13. The number of benzene rings is 2. The topological polar surface area (TPSA) is 134 Å². The number of hydrogen-bond acceptors (Lipinski definition) is 7. The van der Waals surface area contributed by atoms with Gasteiger partial charge in [0.05, 0.1) is 24.2 Å². The van der Waals surface area contributed by atoms with Gasteiger partial charge in [0.2, 0.25) is 0 Å². The highest BCUT2D eigenvalue weighted by Gasteiger charge is 2.12. The summed E-state index contributed by atoms with van der Waals surface area (Å²) in [5, 5.41) is 18.3. The lowest BCUT2D eigenvalue weighted by Crippen LogP contribution is -2.31. The van der Waals surface area contributed by atoms with Gasteiger partial charge >= 0.3 is 0 Å². The Labute approximate surface area is 193 Å². The monoisotopic (exact) mass is 462 g/mol. The number of ether oxygens (including phenoxy) is 1. The Balaban J connectivity index is 1.36. The molecule has 0 bridgehead atoms. The third kappa shape index (κ3) is 5.26. The molecule has 0 fully saturated rings. The predicted molar refractivity (Wildman–Crippen MR) is 124 cm³/mol. The minimum absolute atomic E-state index is 0.0429. The van der Waals surface area contributed by atoms with Crippen LogP contribution in [-0.4, -0.2) is 43.3 Å². The van der Waals surface area contributed by atoms with Gasteiger partial charge in [-0.05, 0) is 24.6 Å². The Bertz CT molecular complexity index is 1390. The van der Waals surface area contributed by atoms with Crippen molar-refractivity contribution < 1.29 is 14.5 Å². The molecule has 0 atom stereocenters. The van der Waals surface area contributed by atoms with Crippen LogP contribution in [0.3, 0.4) is 0 Å². The Morgan fingerprint density at radius 3 is 2.76 bits per heavy atom. The van der Waals surface area contributed by atoms with E-state index >= 15 is 0 Å². The number of nitro benzene ring substituents is 1. The summed E-state index contributed by atoms with van der Waals surface area (Å²) in [7, 11) is 0. The van der Waals surface area contributed by atoms with Crippen LogP contribution < -0.4 is 15.6 Å². The average molecular weight is 462 g/mol. The molecule has 0 aliphatic heterocycles. The number of nitrogens with zero attached hydrogens (tertiary/aromatic N) is 5. The molecular weight excluding hydrogens is 440 g/mol. The molecule has 34 heavy (non-hydrogen) atoms. The molecule has 0 unspecified atom stereocenters. The molecule has 11 heteroatoms.